The number of benzene rings is 1. The van der Waals surface area contributed by atoms with Crippen LogP contribution in [0, 0.1) is 5.92 Å². The highest BCUT2D eigenvalue weighted by molar-refractivity contribution is 5.98. The lowest BCUT2D eigenvalue weighted by Gasteiger charge is -2.25. The molecule has 0 saturated heterocycles. The summed E-state index contributed by atoms with van der Waals surface area (Å²) in [4.78, 5) is 87.3. The third kappa shape index (κ3) is 17.8. The monoisotopic (exact) mass is 751 g/mol. The first-order chi connectivity index (χ1) is 25.8. The van der Waals surface area contributed by atoms with E-state index in [4.69, 9.17) is 10.5 Å². The van der Waals surface area contributed by atoms with E-state index in [1.54, 1.807) is 51.1 Å². The number of urea groups is 1. The number of imide groups is 1. The molecule has 0 saturated carbocycles. The van der Waals surface area contributed by atoms with Crippen molar-refractivity contribution in [3.05, 3.63) is 65.8 Å². The van der Waals surface area contributed by atoms with Crippen LogP contribution in [0.1, 0.15) is 91.0 Å². The minimum atomic E-state index is -1.01. The van der Waals surface area contributed by atoms with Gasteiger partial charge in [0.2, 0.25) is 24.1 Å². The van der Waals surface area contributed by atoms with Crippen LogP contribution >= 0.6 is 0 Å². The van der Waals surface area contributed by atoms with E-state index in [1.165, 1.54) is 11.6 Å². The summed E-state index contributed by atoms with van der Waals surface area (Å²) in [6.07, 6.45) is 14.0. The summed E-state index contributed by atoms with van der Waals surface area (Å²) in [6.45, 7) is 7.60. The fourth-order valence-corrected chi connectivity index (χ4v) is 5.60. The maximum Gasteiger partial charge on any atom is 0.407 e. The zero-order valence-electron chi connectivity index (χ0n) is 31.9. The molecule has 3 unspecified atom stereocenters. The van der Waals surface area contributed by atoms with Crippen molar-refractivity contribution in [3.63, 3.8) is 0 Å². The Morgan fingerprint density at radius 1 is 0.944 bits per heavy atom. The van der Waals surface area contributed by atoms with E-state index in [2.05, 4.69) is 38.7 Å². The molecule has 2 rings (SSSR count). The van der Waals surface area contributed by atoms with E-state index in [1.807, 2.05) is 13.0 Å². The Morgan fingerprint density at radius 2 is 1.69 bits per heavy atom. The second-order valence-electron chi connectivity index (χ2n) is 13.5. The Balaban J connectivity index is 1.93. The van der Waals surface area contributed by atoms with Crippen molar-refractivity contribution < 1.29 is 38.3 Å². The lowest BCUT2D eigenvalue weighted by molar-refractivity contribution is -0.134. The number of primary amides is 1. The van der Waals surface area contributed by atoms with E-state index in [9.17, 15) is 33.6 Å². The van der Waals surface area contributed by atoms with Crippen molar-refractivity contribution in [2.45, 2.75) is 110 Å². The number of rotatable bonds is 23. The Labute approximate surface area is 317 Å². The number of alkyl carbamates (subject to hydrolysis) is 1. The summed E-state index contributed by atoms with van der Waals surface area (Å²) in [6, 6.07) is 4.00. The number of ether oxygens (including phenoxy) is 1. The second-order valence-corrected chi connectivity index (χ2v) is 13.5. The molecule has 0 spiro atoms. The molecule has 8 amide bonds. The predicted molar refractivity (Wildman–Crippen MR) is 206 cm³/mol. The number of allylic oxidation sites excluding steroid dienone is 4. The number of amides is 8. The van der Waals surface area contributed by atoms with Gasteiger partial charge < -0.3 is 37.1 Å². The van der Waals surface area contributed by atoms with E-state index in [0.29, 0.717) is 43.3 Å². The maximum atomic E-state index is 13.4. The molecule has 0 heterocycles. The molecule has 0 radical (unpaired) electrons. The second kappa shape index (κ2) is 24.7. The number of carbonyl (C=O) groups excluding carboxylic acids is 7. The Bertz CT molecular complexity index is 1510. The molecule has 0 bridgehead atoms. The number of carbonyl (C=O) groups is 7. The van der Waals surface area contributed by atoms with Crippen molar-refractivity contribution in [1.82, 2.24) is 26.2 Å². The van der Waals surface area contributed by atoms with Crippen molar-refractivity contribution in [2.24, 2.45) is 11.7 Å². The van der Waals surface area contributed by atoms with Crippen molar-refractivity contribution in [1.29, 1.82) is 0 Å². The summed E-state index contributed by atoms with van der Waals surface area (Å²) < 4.78 is 5.38. The van der Waals surface area contributed by atoms with Gasteiger partial charge in [0.1, 0.15) is 18.7 Å². The molecule has 0 aromatic heterocycles. The predicted octanol–water partition coefficient (Wildman–Crippen LogP) is 4.10. The molecule has 296 valence electrons. The third-order valence-electron chi connectivity index (χ3n) is 8.51. The number of nitrogens with two attached hydrogens (primary N) is 1. The summed E-state index contributed by atoms with van der Waals surface area (Å²) in [5.41, 5.74) is 7.59. The molecule has 7 N–H and O–H groups in total. The highest BCUT2D eigenvalue weighted by atomic mass is 16.5. The van der Waals surface area contributed by atoms with Crippen LogP contribution in [0.25, 0.3) is 0 Å². The molecular formula is C39H57N7O8. The molecule has 15 heteroatoms. The van der Waals surface area contributed by atoms with Crippen LogP contribution in [0.4, 0.5) is 15.3 Å². The van der Waals surface area contributed by atoms with E-state index >= 15 is 0 Å². The van der Waals surface area contributed by atoms with Crippen LogP contribution in [-0.2, 0) is 35.3 Å². The number of hydrogen-bond acceptors (Lipinski definition) is 8. The number of nitrogens with zero attached hydrogens (tertiary/aromatic N) is 1. The van der Waals surface area contributed by atoms with Gasteiger partial charge in [-0.15, -0.1) is 0 Å². The van der Waals surface area contributed by atoms with Crippen LogP contribution in [0.15, 0.2) is 60.2 Å². The first-order valence-electron chi connectivity index (χ1n) is 18.5. The summed E-state index contributed by atoms with van der Waals surface area (Å²) >= 11 is 0. The minimum absolute atomic E-state index is 0.0305. The standard InChI is InChI=1S/C39H57N7O8/c1-5-13-34(49)46(26-47)23-11-7-10-17-33(48)45-35(27(2)3)37(51)44-32(16-12-22-41-38(40)52)36(50)43-31-20-18-30(19-21-31)25-54-39(53)42-28(4)24-29-14-8-6-9-15-29/h5-6,8,13-14,18-21,26-28,32,35H,7,9-12,15-17,22-25H2,1-4H3,(H,42,53)(H,43,50)(H,44,51)(H,45,48)(H3,40,41,52)/b13-5-. The molecule has 1 aliphatic carbocycles. The molecule has 15 nitrogen and oxygen atoms in total. The smallest absolute Gasteiger partial charge is 0.407 e. The first-order valence-corrected chi connectivity index (χ1v) is 18.5. The molecule has 1 aromatic carbocycles. The molecule has 3 atom stereocenters. The first kappa shape index (κ1) is 44.7. The van der Waals surface area contributed by atoms with Crippen LogP contribution in [-0.4, -0.2) is 78.3 Å². The summed E-state index contributed by atoms with van der Waals surface area (Å²) in [7, 11) is 0. The van der Waals surface area contributed by atoms with Crippen LogP contribution in [0.5, 0.6) is 0 Å². The van der Waals surface area contributed by atoms with Gasteiger partial charge in [-0.05, 0) is 88.5 Å². The molecule has 0 aliphatic heterocycles. The third-order valence-corrected chi connectivity index (χ3v) is 8.51. The van der Waals surface area contributed by atoms with E-state index in [0.717, 1.165) is 24.2 Å². The van der Waals surface area contributed by atoms with Gasteiger partial charge in [-0.3, -0.25) is 28.9 Å². The summed E-state index contributed by atoms with van der Waals surface area (Å²) in [5.74, 6) is -2.11. The molecule has 1 aliphatic rings. The molecular weight excluding hydrogens is 694 g/mol. The molecule has 1 aromatic rings. The highest BCUT2D eigenvalue weighted by Crippen LogP contribution is 2.17. The van der Waals surface area contributed by atoms with E-state index < -0.39 is 41.9 Å². The van der Waals surface area contributed by atoms with Crippen LogP contribution < -0.4 is 32.3 Å². The van der Waals surface area contributed by atoms with Gasteiger partial charge in [0.05, 0.1) is 0 Å². The minimum Gasteiger partial charge on any atom is -0.445 e. The van der Waals surface area contributed by atoms with Crippen LogP contribution in [0.2, 0.25) is 0 Å². The summed E-state index contributed by atoms with van der Waals surface area (Å²) in [5, 5.41) is 13.6. The van der Waals surface area contributed by atoms with Gasteiger partial charge in [-0.25, -0.2) is 9.59 Å². The van der Waals surface area contributed by atoms with Crippen LogP contribution in [0.3, 0.4) is 0 Å². The lowest BCUT2D eigenvalue weighted by Crippen LogP contribution is -2.54. The lowest BCUT2D eigenvalue weighted by atomic mass is 9.99. The van der Waals surface area contributed by atoms with Crippen molar-refractivity contribution >= 4 is 47.9 Å². The maximum absolute atomic E-state index is 13.4. The molecule has 0 fully saturated rings. The Morgan fingerprint density at radius 3 is 2.31 bits per heavy atom. The zero-order valence-corrected chi connectivity index (χ0v) is 31.9. The van der Waals surface area contributed by atoms with Gasteiger partial charge >= 0.3 is 12.1 Å². The fraction of sp³-hybridized carbons (Fsp3) is 0.513. The van der Waals surface area contributed by atoms with Crippen molar-refractivity contribution in [2.75, 3.05) is 18.4 Å². The molecule has 54 heavy (non-hydrogen) atoms. The normalized spacial score (nSPS) is 13.9. The van der Waals surface area contributed by atoms with Gasteiger partial charge in [-0.2, -0.15) is 0 Å². The SMILES string of the molecule is C/C=C\C(=O)N(C=O)CCCCCC(=O)NC(C(=O)NC(CCCNC(N)=O)C(=O)Nc1ccc(COC(=O)NC(C)CC2=CC=CCC2)cc1)C(C)C. The Hall–Kier alpha value is -5.47. The van der Waals surface area contributed by atoms with Gasteiger partial charge in [0.25, 0.3) is 5.91 Å². The average molecular weight is 752 g/mol. The van der Waals surface area contributed by atoms with E-state index in [-0.39, 0.29) is 50.4 Å². The number of anilines is 1. The average Bonchev–Trinajstić information content (AvgIpc) is 3.13. The number of unbranched alkanes of at least 4 members (excludes halogenated alkanes) is 2. The quantitative estimate of drug-likeness (QED) is 0.0542. The fourth-order valence-electron chi connectivity index (χ4n) is 5.60. The van der Waals surface area contributed by atoms with Gasteiger partial charge in [0, 0.05) is 31.2 Å². The van der Waals surface area contributed by atoms with Crippen molar-refractivity contribution in [3.8, 4) is 0 Å². The Kier molecular flexibility index (Phi) is 20.5. The van der Waals surface area contributed by atoms with Gasteiger partial charge in [-0.1, -0.05) is 62.3 Å². The van der Waals surface area contributed by atoms with Gasteiger partial charge in [0.15, 0.2) is 0 Å². The largest absolute Gasteiger partial charge is 0.445 e. The highest BCUT2D eigenvalue weighted by Gasteiger charge is 2.29. The zero-order chi connectivity index (χ0) is 39.9. The number of hydrogen-bond donors (Lipinski definition) is 6. The topological polar surface area (TPSA) is 218 Å². The number of nitrogens with one attached hydrogen (secondary N) is 5.